The molecule has 4 heterocycles. The van der Waals surface area contributed by atoms with Gasteiger partial charge in [-0.1, -0.05) is 49.1 Å². The van der Waals surface area contributed by atoms with Crippen LogP contribution in [0.5, 0.6) is 0 Å². The number of fused-ring (bicyclic) bond motifs is 2. The van der Waals surface area contributed by atoms with Crippen LogP contribution in [0.15, 0.2) is 36.4 Å². The van der Waals surface area contributed by atoms with E-state index in [9.17, 15) is 14.4 Å². The molecule has 4 aliphatic rings. The Balaban J connectivity index is 1.15. The van der Waals surface area contributed by atoms with E-state index < -0.39 is 12.2 Å². The molecular weight excluding hydrogens is 628 g/mol. The van der Waals surface area contributed by atoms with E-state index in [4.69, 9.17) is 28.5 Å². The minimum atomic E-state index is -1.06. The summed E-state index contributed by atoms with van der Waals surface area (Å²) in [6, 6.07) is 11.8. The molecule has 256 valence electrons. The van der Waals surface area contributed by atoms with Crippen molar-refractivity contribution in [2.45, 2.75) is 69.4 Å². The number of hydrogen-bond donors (Lipinski definition) is 3. The van der Waals surface area contributed by atoms with Crippen molar-refractivity contribution < 1.29 is 19.1 Å². The minimum Gasteiger partial charge on any atom is -0.436 e. The zero-order valence-electron chi connectivity index (χ0n) is 27.8. The molecule has 2 aromatic carbocycles. The molecule has 0 saturated carbocycles. The fraction of sp³-hybridized carbons (Fsp3) is 0.541. The fourth-order valence-electron chi connectivity index (χ4n) is 8.22. The lowest BCUT2D eigenvalue weighted by molar-refractivity contribution is -0.143. The van der Waals surface area contributed by atoms with Gasteiger partial charge < -0.3 is 30.9 Å². The number of anilines is 2. The molecule has 3 fully saturated rings. The zero-order chi connectivity index (χ0) is 33.8. The summed E-state index contributed by atoms with van der Waals surface area (Å²) in [6.07, 6.45) is 9.40. The molecule has 0 radical (unpaired) electrons. The van der Waals surface area contributed by atoms with Crippen molar-refractivity contribution in [1.29, 1.82) is 0 Å². The van der Waals surface area contributed by atoms with Crippen molar-refractivity contribution >= 4 is 40.9 Å². The van der Waals surface area contributed by atoms with Crippen molar-refractivity contribution in [3.05, 3.63) is 58.1 Å². The van der Waals surface area contributed by atoms with E-state index in [-0.39, 0.29) is 23.7 Å². The number of nitrogens with two attached hydrogens (primary N) is 1. The standard InChI is InChI=1S/C37H47ClN6O4/c1-3-7-27-10-13-40-24-31(27)42-16-18-43(19-17-42)35(46)32(22-25-20-26(4-2)34(39)29(38)21-25)48-36(47)44-14-11-37(12-15-44)23-33(45)41-30-9-6-5-8-28(30)37/h2,5-6,8-9,20-21,27,31-32,40H,3,7,10-19,22-24,39H2,1H3,(H,41,45)/t27?,31?,32-/m1/s1. The average Bonchev–Trinajstić information content (AvgIpc) is 3.10. The van der Waals surface area contributed by atoms with Gasteiger partial charge >= 0.3 is 6.09 Å². The number of rotatable bonds is 7. The van der Waals surface area contributed by atoms with Gasteiger partial charge in [0, 0.05) is 81.4 Å². The molecule has 1 spiro atoms. The normalized spacial score (nSPS) is 23.1. The number of ether oxygens (including phenoxy) is 1. The van der Waals surface area contributed by atoms with Crippen molar-refractivity contribution in [2.24, 2.45) is 5.92 Å². The Hall–Kier alpha value is -3.78. The van der Waals surface area contributed by atoms with E-state index in [2.05, 4.69) is 34.4 Å². The molecular formula is C37H47ClN6O4. The SMILES string of the molecule is C#Cc1cc(C[C@@H](OC(=O)N2CCC3(CC2)CC(=O)Nc2ccccc23)C(=O)N2CCN(C3CNCCC3CCC)CC2)cc(Cl)c1N. The number of amides is 3. The van der Waals surface area contributed by atoms with Crippen molar-refractivity contribution in [2.75, 3.05) is 63.4 Å². The number of carbonyl (C=O) groups excluding carboxylic acids is 3. The van der Waals surface area contributed by atoms with E-state index in [1.165, 1.54) is 19.3 Å². The molecule has 3 atom stereocenters. The monoisotopic (exact) mass is 674 g/mol. The number of benzene rings is 2. The first kappa shape index (κ1) is 34.1. The maximum atomic E-state index is 14.1. The maximum absolute atomic E-state index is 14.1. The summed E-state index contributed by atoms with van der Waals surface area (Å²) in [5.74, 6) is 2.99. The van der Waals surface area contributed by atoms with Gasteiger partial charge in [-0.25, -0.2) is 4.79 Å². The van der Waals surface area contributed by atoms with Crippen LogP contribution in [-0.4, -0.2) is 97.1 Å². The van der Waals surface area contributed by atoms with Crippen molar-refractivity contribution in [3.63, 3.8) is 0 Å². The van der Waals surface area contributed by atoms with E-state index in [0.717, 1.165) is 37.4 Å². The fourth-order valence-corrected chi connectivity index (χ4v) is 8.47. The number of nitrogen functional groups attached to an aromatic ring is 1. The first-order chi connectivity index (χ1) is 23.2. The Morgan fingerprint density at radius 3 is 2.60 bits per heavy atom. The Morgan fingerprint density at radius 1 is 1.12 bits per heavy atom. The summed E-state index contributed by atoms with van der Waals surface area (Å²) >= 11 is 6.41. The van der Waals surface area contributed by atoms with Gasteiger partial charge in [0.2, 0.25) is 5.91 Å². The van der Waals surface area contributed by atoms with Crippen LogP contribution < -0.4 is 16.4 Å². The molecule has 2 unspecified atom stereocenters. The molecule has 0 aromatic heterocycles. The van der Waals surface area contributed by atoms with Gasteiger partial charge in [0.15, 0.2) is 6.10 Å². The van der Waals surface area contributed by atoms with Crippen LogP contribution >= 0.6 is 11.6 Å². The molecule has 0 aliphatic carbocycles. The number of nitrogens with zero attached hydrogens (tertiary/aromatic N) is 3. The Bertz CT molecular complexity index is 1560. The third kappa shape index (κ3) is 7.14. The highest BCUT2D eigenvalue weighted by molar-refractivity contribution is 6.33. The number of likely N-dealkylation sites (tertiary alicyclic amines) is 1. The number of piperidine rings is 2. The first-order valence-corrected chi connectivity index (χ1v) is 17.7. The van der Waals surface area contributed by atoms with Crippen molar-refractivity contribution in [1.82, 2.24) is 20.0 Å². The molecule has 10 nitrogen and oxygen atoms in total. The summed E-state index contributed by atoms with van der Waals surface area (Å²) in [4.78, 5) is 46.5. The van der Waals surface area contributed by atoms with E-state index in [0.29, 0.717) is 79.2 Å². The molecule has 6 rings (SSSR count). The van der Waals surface area contributed by atoms with Gasteiger partial charge in [-0.2, -0.15) is 0 Å². The second-order valence-electron chi connectivity index (χ2n) is 13.8. The largest absolute Gasteiger partial charge is 0.436 e. The van der Waals surface area contributed by atoms with Gasteiger partial charge in [0.05, 0.1) is 10.7 Å². The van der Waals surface area contributed by atoms with Gasteiger partial charge in [0.25, 0.3) is 5.91 Å². The first-order valence-electron chi connectivity index (χ1n) is 17.3. The number of terminal acetylenes is 1. The minimum absolute atomic E-state index is 0.00962. The number of para-hydroxylation sites is 1. The molecule has 0 bridgehead atoms. The number of nitrogens with one attached hydrogen (secondary N) is 2. The number of piperazine rings is 1. The predicted octanol–water partition coefficient (Wildman–Crippen LogP) is 4.25. The number of hydrogen-bond acceptors (Lipinski definition) is 7. The number of carbonyl (C=O) groups is 3. The molecule has 3 amide bonds. The molecule has 4 aliphatic heterocycles. The van der Waals surface area contributed by atoms with Crippen LogP contribution in [0.2, 0.25) is 5.02 Å². The van der Waals surface area contributed by atoms with Crippen LogP contribution in [0.25, 0.3) is 0 Å². The van der Waals surface area contributed by atoms with Crippen molar-refractivity contribution in [3.8, 4) is 12.3 Å². The Morgan fingerprint density at radius 2 is 1.88 bits per heavy atom. The van der Waals surface area contributed by atoms with Crippen LogP contribution in [0, 0.1) is 18.3 Å². The maximum Gasteiger partial charge on any atom is 0.410 e. The third-order valence-electron chi connectivity index (χ3n) is 10.9. The predicted molar refractivity (Wildman–Crippen MR) is 188 cm³/mol. The van der Waals surface area contributed by atoms with Gasteiger partial charge in [-0.15, -0.1) is 6.42 Å². The molecule has 2 aromatic rings. The van der Waals surface area contributed by atoms with Crippen LogP contribution in [0.1, 0.15) is 62.1 Å². The number of halogens is 1. The summed E-state index contributed by atoms with van der Waals surface area (Å²) in [5.41, 5.74) is 9.10. The smallest absolute Gasteiger partial charge is 0.410 e. The summed E-state index contributed by atoms with van der Waals surface area (Å²) in [7, 11) is 0. The van der Waals surface area contributed by atoms with Gasteiger partial charge in [-0.3, -0.25) is 14.5 Å². The van der Waals surface area contributed by atoms with Gasteiger partial charge in [-0.05, 0) is 67.5 Å². The molecule has 48 heavy (non-hydrogen) atoms. The highest BCUT2D eigenvalue weighted by atomic mass is 35.5. The highest BCUT2D eigenvalue weighted by Crippen LogP contribution is 2.45. The second kappa shape index (κ2) is 14.8. The van der Waals surface area contributed by atoms with Crippen LogP contribution in [0.4, 0.5) is 16.2 Å². The average molecular weight is 675 g/mol. The van der Waals surface area contributed by atoms with E-state index in [1.54, 1.807) is 17.0 Å². The van der Waals surface area contributed by atoms with E-state index >= 15 is 0 Å². The zero-order valence-corrected chi connectivity index (χ0v) is 28.6. The summed E-state index contributed by atoms with van der Waals surface area (Å²) in [6.45, 7) is 7.79. The van der Waals surface area contributed by atoms with Gasteiger partial charge in [0.1, 0.15) is 0 Å². The van der Waals surface area contributed by atoms with E-state index in [1.807, 2.05) is 23.1 Å². The molecule has 4 N–H and O–H groups in total. The summed E-state index contributed by atoms with van der Waals surface area (Å²) < 4.78 is 6.08. The second-order valence-corrected chi connectivity index (χ2v) is 14.2. The van der Waals surface area contributed by atoms with Crippen LogP contribution in [-0.2, 0) is 26.2 Å². The Kier molecular flexibility index (Phi) is 10.5. The lowest BCUT2D eigenvalue weighted by Crippen LogP contribution is -2.59. The quantitative estimate of drug-likeness (QED) is 0.297. The molecule has 3 saturated heterocycles. The Labute approximate surface area is 288 Å². The lowest BCUT2D eigenvalue weighted by atomic mass is 9.68. The third-order valence-corrected chi connectivity index (χ3v) is 11.2. The molecule has 11 heteroatoms. The topological polar surface area (TPSA) is 120 Å². The highest BCUT2D eigenvalue weighted by Gasteiger charge is 2.44. The lowest BCUT2D eigenvalue weighted by Gasteiger charge is -2.45. The summed E-state index contributed by atoms with van der Waals surface area (Å²) in [5, 5.41) is 6.84. The van der Waals surface area contributed by atoms with Crippen LogP contribution in [0.3, 0.4) is 0 Å².